The smallest absolute Gasteiger partial charge is 0.0619 e. The fourth-order valence-electron chi connectivity index (χ4n) is 16.5. The lowest BCUT2D eigenvalue weighted by Gasteiger charge is -2.34. The molecule has 15 aromatic carbocycles. The minimum atomic E-state index is 0.999. The van der Waals surface area contributed by atoms with Crippen molar-refractivity contribution in [1.29, 1.82) is 0 Å². The summed E-state index contributed by atoms with van der Waals surface area (Å²) in [4.78, 5) is 5.38. The largest absolute Gasteiger partial charge is 0.309 e. The maximum absolute atomic E-state index is 2.69. The van der Waals surface area contributed by atoms with Crippen molar-refractivity contribution in [2.24, 2.45) is 0 Å². The van der Waals surface area contributed by atoms with Crippen molar-refractivity contribution in [3.05, 3.63) is 334 Å². The van der Waals surface area contributed by atoms with Crippen LogP contribution in [0.5, 0.6) is 0 Å². The topological polar surface area (TPSA) is 6.48 Å². The van der Waals surface area contributed by atoms with Gasteiger partial charge in [0.25, 0.3) is 0 Å². The van der Waals surface area contributed by atoms with Gasteiger partial charge in [-0.15, -0.1) is 0 Å². The molecule has 514 valence electrons. The van der Waals surface area contributed by atoms with Gasteiger partial charge in [0.15, 0.2) is 0 Å². The van der Waals surface area contributed by atoms with Crippen LogP contribution in [0.4, 0.5) is 34.1 Å². The first-order valence-electron chi connectivity index (χ1n) is 38.5. The Morgan fingerprint density at radius 2 is 0.423 bits per heavy atom. The van der Waals surface area contributed by atoms with Crippen molar-refractivity contribution in [3.8, 4) is 22.3 Å². The van der Waals surface area contributed by atoms with E-state index in [4.69, 9.17) is 0 Å². The average molecular weight is 1350 g/mol. The zero-order valence-corrected chi connectivity index (χ0v) is 62.1. The molecule has 0 aliphatic heterocycles. The number of rotatable bonds is 24. The normalized spacial score (nSPS) is 11.8. The van der Waals surface area contributed by atoms with E-state index in [1.807, 2.05) is 0 Å². The van der Waals surface area contributed by atoms with Crippen LogP contribution in [0.15, 0.2) is 267 Å². The summed E-state index contributed by atoms with van der Waals surface area (Å²) in [6, 6.07) is 102. The third-order valence-corrected chi connectivity index (χ3v) is 21.5. The Kier molecular flexibility index (Phi) is 20.4. The molecule has 0 heterocycles. The standard InChI is InChI=1S/C102H96N2/c1-9-13-29-77-65-71(7)66-78(30-14-10-2)99(77)103(81-61-57-75(58-62-81)55-53-73-49-45-69(5)46-50-73)101-91-41-25-21-37-87(91)97(88-38-22-26-42-92(88)101)95-83-33-17-19-35-85(83)96(86-36-20-18-34-84(86)95)98-89-39-23-27-43-93(89)102(94-44-28-24-40-90(94)98)104(100-79(31-15-11-3)67-72(8)68-80(100)32-16-12-4)82-63-59-76(60-64-82)56-54-74-51-47-70(6)48-52-74/h17-28,33-68H,9-16,29-32H2,1-8H3. The van der Waals surface area contributed by atoms with Gasteiger partial charge in [0.1, 0.15) is 0 Å². The molecule has 0 fully saturated rings. The van der Waals surface area contributed by atoms with Gasteiger partial charge in [0.2, 0.25) is 0 Å². The van der Waals surface area contributed by atoms with E-state index in [0.717, 1.165) is 88.4 Å². The number of fused-ring (bicyclic) bond motifs is 6. The van der Waals surface area contributed by atoms with Crippen LogP contribution in [0, 0.1) is 27.7 Å². The maximum Gasteiger partial charge on any atom is 0.0619 e. The molecule has 0 saturated heterocycles. The van der Waals surface area contributed by atoms with Crippen LogP contribution in [0.2, 0.25) is 0 Å². The van der Waals surface area contributed by atoms with Crippen LogP contribution < -0.4 is 9.80 Å². The number of hydrogen-bond donors (Lipinski definition) is 0. The number of nitrogens with zero attached hydrogens (tertiary/aromatic N) is 2. The second-order valence-corrected chi connectivity index (χ2v) is 29.1. The highest BCUT2D eigenvalue weighted by atomic mass is 15.2. The van der Waals surface area contributed by atoms with Crippen molar-refractivity contribution >= 4 is 123 Å². The summed E-state index contributed by atoms with van der Waals surface area (Å²) >= 11 is 0. The van der Waals surface area contributed by atoms with E-state index in [2.05, 4.69) is 356 Å². The summed E-state index contributed by atoms with van der Waals surface area (Å²) in [6.07, 6.45) is 21.9. The number of benzene rings is 15. The Bertz CT molecular complexity index is 5110. The first-order chi connectivity index (χ1) is 51.1. The van der Waals surface area contributed by atoms with Gasteiger partial charge in [-0.05, 0) is 213 Å². The Morgan fingerprint density at radius 1 is 0.221 bits per heavy atom. The Morgan fingerprint density at radius 3 is 0.644 bits per heavy atom. The lowest BCUT2D eigenvalue weighted by molar-refractivity contribution is 0.779. The molecule has 0 unspecified atom stereocenters. The second-order valence-electron chi connectivity index (χ2n) is 29.1. The molecule has 0 aromatic heterocycles. The van der Waals surface area contributed by atoms with Crippen LogP contribution in [0.3, 0.4) is 0 Å². The van der Waals surface area contributed by atoms with E-state index in [-0.39, 0.29) is 0 Å². The lowest BCUT2D eigenvalue weighted by atomic mass is 9.80. The molecule has 0 aliphatic carbocycles. The lowest BCUT2D eigenvalue weighted by Crippen LogP contribution is -2.16. The molecule has 0 amide bonds. The maximum atomic E-state index is 2.69. The molecule has 0 bridgehead atoms. The van der Waals surface area contributed by atoms with Crippen LogP contribution in [0.25, 0.3) is 111 Å². The molecule has 0 saturated carbocycles. The van der Waals surface area contributed by atoms with Gasteiger partial charge in [0.05, 0.1) is 22.7 Å². The average Bonchev–Trinajstić information content (AvgIpc) is 0.703. The van der Waals surface area contributed by atoms with Crippen molar-refractivity contribution in [2.45, 2.75) is 132 Å². The first kappa shape index (κ1) is 68.7. The van der Waals surface area contributed by atoms with Crippen molar-refractivity contribution in [3.63, 3.8) is 0 Å². The molecule has 0 atom stereocenters. The van der Waals surface area contributed by atoms with E-state index in [1.54, 1.807) is 0 Å². The second kappa shape index (κ2) is 30.9. The summed E-state index contributed by atoms with van der Waals surface area (Å²) in [5.74, 6) is 0. The molecular formula is C102H96N2. The summed E-state index contributed by atoms with van der Waals surface area (Å²) < 4.78 is 0. The molecule has 15 aromatic rings. The minimum absolute atomic E-state index is 0.999. The fourth-order valence-corrected chi connectivity index (χ4v) is 16.5. The first-order valence-corrected chi connectivity index (χ1v) is 38.5. The predicted molar refractivity (Wildman–Crippen MR) is 456 cm³/mol. The number of aryl methyl sites for hydroxylation is 8. The summed E-state index contributed by atoms with van der Waals surface area (Å²) in [5.41, 5.74) is 28.0. The van der Waals surface area contributed by atoms with E-state index < -0.39 is 0 Å². The van der Waals surface area contributed by atoms with Crippen molar-refractivity contribution in [1.82, 2.24) is 0 Å². The van der Waals surface area contributed by atoms with E-state index in [0.29, 0.717) is 0 Å². The quantitative estimate of drug-likeness (QED) is 0.0439. The molecular weight excluding hydrogens is 1250 g/mol. The van der Waals surface area contributed by atoms with Gasteiger partial charge < -0.3 is 9.80 Å². The third kappa shape index (κ3) is 13.6. The Balaban J connectivity index is 0.983. The fraction of sp³-hybridized carbons (Fsp3) is 0.196. The van der Waals surface area contributed by atoms with Gasteiger partial charge in [0, 0.05) is 32.9 Å². The zero-order chi connectivity index (χ0) is 71.2. The highest BCUT2D eigenvalue weighted by molar-refractivity contribution is 6.34. The number of hydrogen-bond acceptors (Lipinski definition) is 2. The monoisotopic (exact) mass is 1350 g/mol. The third-order valence-electron chi connectivity index (χ3n) is 21.5. The van der Waals surface area contributed by atoms with E-state index in [9.17, 15) is 0 Å². The van der Waals surface area contributed by atoms with Gasteiger partial charge in [-0.3, -0.25) is 0 Å². The molecule has 0 spiro atoms. The van der Waals surface area contributed by atoms with Crippen LogP contribution in [-0.4, -0.2) is 0 Å². The molecule has 0 N–H and O–H groups in total. The van der Waals surface area contributed by atoms with Gasteiger partial charge in [-0.2, -0.15) is 0 Å². The van der Waals surface area contributed by atoms with Gasteiger partial charge in [-0.25, -0.2) is 0 Å². The van der Waals surface area contributed by atoms with Crippen LogP contribution >= 0.6 is 0 Å². The minimum Gasteiger partial charge on any atom is -0.309 e. The molecule has 0 radical (unpaired) electrons. The van der Waals surface area contributed by atoms with Crippen LogP contribution in [0.1, 0.15) is 146 Å². The van der Waals surface area contributed by atoms with E-state index in [1.165, 1.54) is 176 Å². The summed E-state index contributed by atoms with van der Waals surface area (Å²) in [7, 11) is 0. The van der Waals surface area contributed by atoms with Crippen molar-refractivity contribution in [2.75, 3.05) is 9.80 Å². The molecule has 2 heteroatoms. The molecule has 2 nitrogen and oxygen atoms in total. The Hall–Kier alpha value is -11.1. The summed E-state index contributed by atoms with van der Waals surface area (Å²) in [5, 5.41) is 14.7. The highest BCUT2D eigenvalue weighted by Crippen LogP contribution is 2.57. The summed E-state index contributed by atoms with van der Waals surface area (Å²) in [6.45, 7) is 18.2. The predicted octanol–water partition coefficient (Wildman–Crippen LogP) is 29.8. The molecule has 15 rings (SSSR count). The highest BCUT2D eigenvalue weighted by Gasteiger charge is 2.31. The number of unbranched alkanes of at least 4 members (excludes halogenated alkanes) is 4. The van der Waals surface area contributed by atoms with Crippen LogP contribution in [-0.2, 0) is 25.7 Å². The van der Waals surface area contributed by atoms with E-state index >= 15 is 0 Å². The zero-order valence-electron chi connectivity index (χ0n) is 62.1. The molecule has 0 aliphatic rings. The van der Waals surface area contributed by atoms with Crippen molar-refractivity contribution < 1.29 is 0 Å². The SMILES string of the molecule is CCCCc1cc(C)cc(CCCC)c1N(c1ccc(C=Cc2ccc(C)cc2)cc1)c1c2ccccc2c(-c2c3ccccc3c(-c3c4ccccc4c(N(c4ccc(C=Cc5ccc(C)cc5)cc4)c4c(CCCC)cc(C)cc4CCCC)c4ccccc34)c3ccccc23)c2ccccc12. The van der Waals surface area contributed by atoms with Gasteiger partial charge >= 0.3 is 0 Å². The number of anilines is 6. The van der Waals surface area contributed by atoms with Gasteiger partial charge in [-0.1, -0.05) is 343 Å². The Labute approximate surface area is 617 Å². The molecule has 104 heavy (non-hydrogen) atoms.